The first-order valence-electron chi connectivity index (χ1n) is 6.21. The van der Waals surface area contributed by atoms with E-state index in [0.717, 1.165) is 23.7 Å². The lowest BCUT2D eigenvalue weighted by molar-refractivity contribution is 0.586. The van der Waals surface area contributed by atoms with Crippen molar-refractivity contribution in [3.05, 3.63) is 59.7 Å². The zero-order valence-corrected chi connectivity index (χ0v) is 11.7. The molecule has 0 amide bonds. The average molecular weight is 292 g/mol. The predicted molar refractivity (Wildman–Crippen MR) is 82.0 cm³/mol. The summed E-state index contributed by atoms with van der Waals surface area (Å²) in [5, 5.41) is 5.99. The van der Waals surface area contributed by atoms with Gasteiger partial charge in [-0.25, -0.2) is 8.78 Å². The second-order valence-electron chi connectivity index (χ2n) is 4.21. The van der Waals surface area contributed by atoms with E-state index in [0.29, 0.717) is 0 Å². The molecule has 2 N–H and O–H groups in total. The topological polar surface area (TPSA) is 24.1 Å². The average Bonchev–Trinajstić information content (AvgIpc) is 2.42. The molecule has 104 valence electrons. The molecule has 0 unspecified atom stereocenters. The number of para-hydroxylation sites is 1. The van der Waals surface area contributed by atoms with Crippen LogP contribution in [0.4, 0.5) is 20.2 Å². The van der Waals surface area contributed by atoms with Crippen LogP contribution in [0, 0.1) is 11.6 Å². The van der Waals surface area contributed by atoms with Crippen LogP contribution in [0.5, 0.6) is 0 Å². The molecule has 2 nitrogen and oxygen atoms in total. The van der Waals surface area contributed by atoms with Gasteiger partial charge in [-0.15, -0.1) is 0 Å². The minimum atomic E-state index is -0.682. The third-order valence-corrected chi connectivity index (χ3v) is 3.03. The van der Waals surface area contributed by atoms with Crippen molar-refractivity contribution < 1.29 is 8.78 Å². The molecular formula is C15H14F2N2S. The van der Waals surface area contributed by atoms with Crippen molar-refractivity contribution in [1.29, 1.82) is 0 Å². The van der Waals surface area contributed by atoms with Gasteiger partial charge >= 0.3 is 0 Å². The van der Waals surface area contributed by atoms with Crippen molar-refractivity contribution in [2.24, 2.45) is 0 Å². The van der Waals surface area contributed by atoms with Crippen LogP contribution in [-0.4, -0.2) is 5.11 Å². The summed E-state index contributed by atoms with van der Waals surface area (Å²) in [5.74, 6) is -1.30. The highest BCUT2D eigenvalue weighted by atomic mass is 32.1. The van der Waals surface area contributed by atoms with Crippen LogP contribution in [0.1, 0.15) is 12.5 Å². The van der Waals surface area contributed by atoms with E-state index in [1.807, 2.05) is 31.2 Å². The molecule has 0 spiro atoms. The first-order valence-corrected chi connectivity index (χ1v) is 6.62. The Labute approximate surface area is 121 Å². The maximum absolute atomic E-state index is 13.5. The molecular weight excluding hydrogens is 278 g/mol. The molecule has 0 heterocycles. The second kappa shape index (κ2) is 6.43. The zero-order valence-electron chi connectivity index (χ0n) is 10.9. The number of aryl methyl sites for hydroxylation is 1. The molecule has 2 aromatic carbocycles. The lowest BCUT2D eigenvalue weighted by Crippen LogP contribution is -2.20. The number of benzene rings is 2. The van der Waals surface area contributed by atoms with Crippen molar-refractivity contribution in [3.63, 3.8) is 0 Å². The van der Waals surface area contributed by atoms with Crippen LogP contribution in [0.3, 0.4) is 0 Å². The molecule has 2 rings (SSSR count). The molecule has 0 saturated carbocycles. The zero-order chi connectivity index (χ0) is 14.5. The van der Waals surface area contributed by atoms with Crippen LogP contribution < -0.4 is 10.6 Å². The van der Waals surface area contributed by atoms with E-state index in [2.05, 4.69) is 10.6 Å². The number of rotatable bonds is 3. The fraction of sp³-hybridized carbons (Fsp3) is 0.133. The van der Waals surface area contributed by atoms with Gasteiger partial charge in [-0.05, 0) is 42.4 Å². The van der Waals surface area contributed by atoms with Crippen molar-refractivity contribution in [2.75, 3.05) is 10.6 Å². The SMILES string of the molecule is CCc1ccccc1NC(=S)Nc1ccc(F)cc1F. The highest BCUT2D eigenvalue weighted by Crippen LogP contribution is 2.18. The molecule has 0 aliphatic rings. The van der Waals surface area contributed by atoms with E-state index < -0.39 is 11.6 Å². The van der Waals surface area contributed by atoms with Crippen LogP contribution in [0.25, 0.3) is 0 Å². The third-order valence-electron chi connectivity index (χ3n) is 2.83. The van der Waals surface area contributed by atoms with Crippen LogP contribution in [-0.2, 0) is 6.42 Å². The van der Waals surface area contributed by atoms with Gasteiger partial charge in [0.25, 0.3) is 0 Å². The van der Waals surface area contributed by atoms with Gasteiger partial charge in [0.1, 0.15) is 11.6 Å². The van der Waals surface area contributed by atoms with E-state index in [1.54, 1.807) is 0 Å². The first-order chi connectivity index (χ1) is 9.60. The Morgan fingerprint density at radius 3 is 2.45 bits per heavy atom. The second-order valence-corrected chi connectivity index (χ2v) is 4.62. The van der Waals surface area contributed by atoms with Crippen molar-refractivity contribution in [1.82, 2.24) is 0 Å². The quantitative estimate of drug-likeness (QED) is 0.823. The first kappa shape index (κ1) is 14.4. The van der Waals surface area contributed by atoms with Crippen LogP contribution in [0.15, 0.2) is 42.5 Å². The highest BCUT2D eigenvalue weighted by Gasteiger charge is 2.07. The van der Waals surface area contributed by atoms with Gasteiger partial charge in [0.2, 0.25) is 0 Å². The fourth-order valence-electron chi connectivity index (χ4n) is 1.82. The summed E-state index contributed by atoms with van der Waals surface area (Å²) < 4.78 is 26.3. The van der Waals surface area contributed by atoms with Crippen molar-refractivity contribution in [3.8, 4) is 0 Å². The van der Waals surface area contributed by atoms with Gasteiger partial charge < -0.3 is 10.6 Å². The summed E-state index contributed by atoms with van der Waals surface area (Å²) >= 11 is 5.14. The fourth-order valence-corrected chi connectivity index (χ4v) is 2.04. The largest absolute Gasteiger partial charge is 0.332 e. The van der Waals surface area contributed by atoms with Gasteiger partial charge in [-0.1, -0.05) is 25.1 Å². The minimum absolute atomic E-state index is 0.137. The van der Waals surface area contributed by atoms with Gasteiger partial charge in [0.15, 0.2) is 5.11 Å². The van der Waals surface area contributed by atoms with E-state index in [4.69, 9.17) is 12.2 Å². The van der Waals surface area contributed by atoms with Gasteiger partial charge in [-0.2, -0.15) is 0 Å². The summed E-state index contributed by atoms with van der Waals surface area (Å²) in [7, 11) is 0. The minimum Gasteiger partial charge on any atom is -0.332 e. The van der Waals surface area contributed by atoms with E-state index in [9.17, 15) is 8.78 Å². The normalized spacial score (nSPS) is 10.2. The Balaban J connectivity index is 2.09. The molecule has 5 heteroatoms. The molecule has 0 radical (unpaired) electrons. The Morgan fingerprint density at radius 1 is 1.05 bits per heavy atom. The monoisotopic (exact) mass is 292 g/mol. The molecule has 0 aliphatic heterocycles. The number of halogens is 2. The molecule has 0 bridgehead atoms. The molecule has 20 heavy (non-hydrogen) atoms. The summed E-state index contributed by atoms with van der Waals surface area (Å²) in [4.78, 5) is 0. The van der Waals surface area contributed by atoms with Gasteiger partial charge in [0.05, 0.1) is 5.69 Å². The van der Waals surface area contributed by atoms with E-state index in [1.165, 1.54) is 12.1 Å². The van der Waals surface area contributed by atoms with Crippen LogP contribution >= 0.6 is 12.2 Å². The van der Waals surface area contributed by atoms with Crippen molar-refractivity contribution in [2.45, 2.75) is 13.3 Å². The number of anilines is 2. The standard InChI is InChI=1S/C15H14F2N2S/c1-2-10-5-3-4-6-13(10)18-15(20)19-14-8-7-11(16)9-12(14)17/h3-9H,2H2,1H3,(H2,18,19,20). The predicted octanol–water partition coefficient (Wildman–Crippen LogP) is 4.34. The molecule has 2 aromatic rings. The lowest BCUT2D eigenvalue weighted by atomic mass is 10.1. The number of hydrogen-bond donors (Lipinski definition) is 2. The Kier molecular flexibility index (Phi) is 4.63. The highest BCUT2D eigenvalue weighted by molar-refractivity contribution is 7.80. The third kappa shape index (κ3) is 3.51. The summed E-state index contributed by atoms with van der Waals surface area (Å²) in [6.07, 6.45) is 0.858. The molecule has 0 saturated heterocycles. The number of thiocarbonyl (C=S) groups is 1. The summed E-state index contributed by atoms with van der Waals surface area (Å²) in [6.45, 7) is 2.04. The Hall–Kier alpha value is -2.01. The molecule has 0 aliphatic carbocycles. The summed E-state index contributed by atoms with van der Waals surface area (Å²) in [6, 6.07) is 11.0. The number of nitrogens with one attached hydrogen (secondary N) is 2. The van der Waals surface area contributed by atoms with Gasteiger partial charge in [-0.3, -0.25) is 0 Å². The maximum Gasteiger partial charge on any atom is 0.175 e. The summed E-state index contributed by atoms with van der Waals surface area (Å²) in [5.41, 5.74) is 2.11. The molecule has 0 aromatic heterocycles. The number of hydrogen-bond acceptors (Lipinski definition) is 1. The smallest absolute Gasteiger partial charge is 0.175 e. The Morgan fingerprint density at radius 2 is 1.75 bits per heavy atom. The maximum atomic E-state index is 13.5. The molecule has 0 fully saturated rings. The Bertz CT molecular complexity index is 629. The van der Waals surface area contributed by atoms with Crippen molar-refractivity contribution >= 4 is 28.7 Å². The van der Waals surface area contributed by atoms with Gasteiger partial charge in [0, 0.05) is 11.8 Å². The van der Waals surface area contributed by atoms with E-state index in [-0.39, 0.29) is 10.8 Å². The van der Waals surface area contributed by atoms with E-state index >= 15 is 0 Å². The van der Waals surface area contributed by atoms with Crippen LogP contribution in [0.2, 0.25) is 0 Å². The molecule has 0 atom stereocenters. The lowest BCUT2D eigenvalue weighted by Gasteiger charge is -2.13.